The number of aromatic nitrogens is 4. The molecule has 6 rings (SSSR count). The number of anilines is 2. The summed E-state index contributed by atoms with van der Waals surface area (Å²) in [5.74, 6) is 1.47. The lowest BCUT2D eigenvalue weighted by Gasteiger charge is -2.32. The molecule has 2 aliphatic rings. The lowest BCUT2D eigenvalue weighted by molar-refractivity contribution is 0.0691. The molecule has 0 saturated carbocycles. The average Bonchev–Trinajstić information content (AvgIpc) is 3.41. The summed E-state index contributed by atoms with van der Waals surface area (Å²) in [5, 5.41) is 8.25. The Kier molecular flexibility index (Phi) is 6.80. The molecule has 2 aliphatic heterocycles. The minimum atomic E-state index is -0.615. The van der Waals surface area contributed by atoms with Crippen molar-refractivity contribution in [3.05, 3.63) is 66.4 Å². The number of urea groups is 1. The molecule has 4 heterocycles. The predicted octanol–water partition coefficient (Wildman–Crippen LogP) is 3.30. The van der Waals surface area contributed by atoms with Crippen molar-refractivity contribution in [3.63, 3.8) is 0 Å². The average molecular weight is 527 g/mol. The first kappa shape index (κ1) is 24.8. The van der Waals surface area contributed by atoms with Gasteiger partial charge in [-0.1, -0.05) is 18.2 Å². The third kappa shape index (κ3) is 5.13. The number of fused-ring (bicyclic) bond motifs is 1. The van der Waals surface area contributed by atoms with E-state index in [1.165, 1.54) is 0 Å². The van der Waals surface area contributed by atoms with Crippen molar-refractivity contribution < 1.29 is 14.3 Å². The highest BCUT2D eigenvalue weighted by Crippen LogP contribution is 2.32. The SMILES string of the molecule is NC(=O)Nc1ccc(-c2nc(N3CCOCC3)c3cnn(C4CCN(C(=O)c5ccccc5)CC4)c3n2)cc1. The van der Waals surface area contributed by atoms with Gasteiger partial charge in [0.2, 0.25) is 0 Å². The van der Waals surface area contributed by atoms with Crippen LogP contribution in [0.15, 0.2) is 60.8 Å². The van der Waals surface area contributed by atoms with Crippen LogP contribution in [-0.2, 0) is 4.74 Å². The van der Waals surface area contributed by atoms with Gasteiger partial charge in [0.05, 0.1) is 30.8 Å². The van der Waals surface area contributed by atoms with Crippen molar-refractivity contribution in [2.24, 2.45) is 5.73 Å². The summed E-state index contributed by atoms with van der Waals surface area (Å²) in [5.41, 5.74) is 8.15. The van der Waals surface area contributed by atoms with E-state index in [9.17, 15) is 9.59 Å². The number of likely N-dealkylation sites (tertiary alicyclic amines) is 1. The van der Waals surface area contributed by atoms with Gasteiger partial charge in [0.25, 0.3) is 5.91 Å². The molecule has 200 valence electrons. The van der Waals surface area contributed by atoms with E-state index in [2.05, 4.69) is 10.2 Å². The Morgan fingerprint density at radius 3 is 2.33 bits per heavy atom. The molecule has 0 aliphatic carbocycles. The van der Waals surface area contributed by atoms with Crippen LogP contribution in [0.25, 0.3) is 22.4 Å². The standard InChI is InChI=1S/C28H30N8O3/c29-28(38)31-21-8-6-19(7-9-21)24-32-25(34-14-16-39-17-15-34)23-18-30-36(26(23)33-24)22-10-12-35(13-11-22)27(37)20-4-2-1-3-5-20/h1-9,18,22H,10-17H2,(H3,29,31,38). The van der Waals surface area contributed by atoms with Gasteiger partial charge in [-0.15, -0.1) is 0 Å². The minimum absolute atomic E-state index is 0.0628. The molecule has 11 nitrogen and oxygen atoms in total. The Hall–Kier alpha value is -4.51. The van der Waals surface area contributed by atoms with E-state index < -0.39 is 6.03 Å². The number of piperidine rings is 1. The van der Waals surface area contributed by atoms with E-state index in [0.29, 0.717) is 43.4 Å². The second-order valence-electron chi connectivity index (χ2n) is 9.75. The van der Waals surface area contributed by atoms with Crippen LogP contribution in [0.5, 0.6) is 0 Å². The molecule has 0 spiro atoms. The lowest BCUT2D eigenvalue weighted by Crippen LogP contribution is -2.39. The zero-order valence-corrected chi connectivity index (χ0v) is 21.5. The molecule has 3 amide bonds. The third-order valence-electron chi connectivity index (χ3n) is 7.27. The maximum Gasteiger partial charge on any atom is 0.316 e. The van der Waals surface area contributed by atoms with Crippen LogP contribution in [0, 0.1) is 0 Å². The number of benzene rings is 2. The number of nitrogens with zero attached hydrogens (tertiary/aromatic N) is 6. The van der Waals surface area contributed by atoms with E-state index in [1.807, 2.05) is 58.2 Å². The van der Waals surface area contributed by atoms with Crippen molar-refractivity contribution >= 4 is 34.5 Å². The Bertz CT molecular complexity index is 1470. The summed E-state index contributed by atoms with van der Waals surface area (Å²) in [6, 6.07) is 16.2. The molecule has 2 aromatic heterocycles. The Morgan fingerprint density at radius 2 is 1.64 bits per heavy atom. The van der Waals surface area contributed by atoms with Gasteiger partial charge in [-0.3, -0.25) is 4.79 Å². The molecular formula is C28H30N8O3. The first-order chi connectivity index (χ1) is 19.1. The van der Waals surface area contributed by atoms with Crippen LogP contribution in [0.1, 0.15) is 29.2 Å². The Morgan fingerprint density at radius 1 is 0.923 bits per heavy atom. The monoisotopic (exact) mass is 526 g/mol. The highest BCUT2D eigenvalue weighted by atomic mass is 16.5. The fraction of sp³-hybridized carbons (Fsp3) is 0.321. The summed E-state index contributed by atoms with van der Waals surface area (Å²) in [4.78, 5) is 38.2. The van der Waals surface area contributed by atoms with E-state index in [4.69, 9.17) is 25.5 Å². The highest BCUT2D eigenvalue weighted by molar-refractivity contribution is 5.94. The molecule has 0 atom stereocenters. The van der Waals surface area contributed by atoms with E-state index in [1.54, 1.807) is 12.1 Å². The minimum Gasteiger partial charge on any atom is -0.378 e. The number of hydrogen-bond donors (Lipinski definition) is 2. The number of carbonyl (C=O) groups is 2. The summed E-state index contributed by atoms with van der Waals surface area (Å²) in [7, 11) is 0. The molecule has 2 saturated heterocycles. The van der Waals surface area contributed by atoms with Gasteiger partial charge in [0.15, 0.2) is 11.5 Å². The maximum absolute atomic E-state index is 12.9. The first-order valence-corrected chi connectivity index (χ1v) is 13.2. The lowest BCUT2D eigenvalue weighted by atomic mass is 10.0. The maximum atomic E-state index is 12.9. The van der Waals surface area contributed by atoms with Crippen LogP contribution in [0.2, 0.25) is 0 Å². The number of nitrogens with one attached hydrogen (secondary N) is 1. The molecule has 0 unspecified atom stereocenters. The van der Waals surface area contributed by atoms with Gasteiger partial charge in [-0.2, -0.15) is 5.10 Å². The van der Waals surface area contributed by atoms with E-state index in [0.717, 1.165) is 48.3 Å². The molecule has 3 N–H and O–H groups in total. The summed E-state index contributed by atoms with van der Waals surface area (Å²) in [6.07, 6.45) is 3.43. The van der Waals surface area contributed by atoms with Gasteiger partial charge in [-0.25, -0.2) is 19.4 Å². The van der Waals surface area contributed by atoms with Crippen molar-refractivity contribution in [2.45, 2.75) is 18.9 Å². The zero-order valence-electron chi connectivity index (χ0n) is 21.5. The third-order valence-corrected chi connectivity index (χ3v) is 7.27. The molecule has 2 aromatic carbocycles. The van der Waals surface area contributed by atoms with Crippen molar-refractivity contribution in [1.82, 2.24) is 24.6 Å². The summed E-state index contributed by atoms with van der Waals surface area (Å²) >= 11 is 0. The normalized spacial score (nSPS) is 16.4. The number of nitrogens with two attached hydrogens (primary N) is 1. The van der Waals surface area contributed by atoms with Crippen molar-refractivity contribution in [2.75, 3.05) is 49.6 Å². The predicted molar refractivity (Wildman–Crippen MR) is 148 cm³/mol. The van der Waals surface area contributed by atoms with Crippen LogP contribution in [-0.4, -0.2) is 76.0 Å². The quantitative estimate of drug-likeness (QED) is 0.408. The molecule has 11 heteroatoms. The largest absolute Gasteiger partial charge is 0.378 e. The highest BCUT2D eigenvalue weighted by Gasteiger charge is 2.28. The van der Waals surface area contributed by atoms with Gasteiger partial charge in [0, 0.05) is 43.0 Å². The van der Waals surface area contributed by atoms with E-state index >= 15 is 0 Å². The smallest absolute Gasteiger partial charge is 0.316 e. The topological polar surface area (TPSA) is 132 Å². The van der Waals surface area contributed by atoms with Crippen LogP contribution in [0.4, 0.5) is 16.3 Å². The summed E-state index contributed by atoms with van der Waals surface area (Å²) < 4.78 is 7.57. The number of ether oxygens (including phenoxy) is 1. The van der Waals surface area contributed by atoms with E-state index in [-0.39, 0.29) is 11.9 Å². The first-order valence-electron chi connectivity index (χ1n) is 13.2. The molecule has 4 aromatic rings. The van der Waals surface area contributed by atoms with Crippen molar-refractivity contribution in [1.29, 1.82) is 0 Å². The molecule has 0 bridgehead atoms. The van der Waals surface area contributed by atoms with Gasteiger partial charge in [0.1, 0.15) is 5.82 Å². The number of primary amides is 1. The van der Waals surface area contributed by atoms with Crippen LogP contribution in [0.3, 0.4) is 0 Å². The molecule has 2 fully saturated rings. The zero-order chi connectivity index (χ0) is 26.8. The second kappa shape index (κ2) is 10.7. The number of amides is 3. The van der Waals surface area contributed by atoms with Crippen LogP contribution < -0.4 is 16.0 Å². The molecule has 39 heavy (non-hydrogen) atoms. The number of rotatable bonds is 5. The number of carbonyl (C=O) groups excluding carboxylic acids is 2. The van der Waals surface area contributed by atoms with Gasteiger partial charge >= 0.3 is 6.03 Å². The van der Waals surface area contributed by atoms with Gasteiger partial charge in [-0.05, 0) is 49.2 Å². The Labute approximate surface area is 225 Å². The van der Waals surface area contributed by atoms with Gasteiger partial charge < -0.3 is 25.6 Å². The molecular weight excluding hydrogens is 496 g/mol. The fourth-order valence-electron chi connectivity index (χ4n) is 5.25. The number of hydrogen-bond acceptors (Lipinski definition) is 7. The fourth-order valence-corrected chi connectivity index (χ4v) is 5.25. The second-order valence-corrected chi connectivity index (χ2v) is 9.75. The van der Waals surface area contributed by atoms with Crippen LogP contribution >= 0.6 is 0 Å². The Balaban J connectivity index is 1.31. The summed E-state index contributed by atoms with van der Waals surface area (Å²) in [6.45, 7) is 4.05. The molecule has 0 radical (unpaired) electrons. The number of morpholine rings is 1. The van der Waals surface area contributed by atoms with Crippen molar-refractivity contribution in [3.8, 4) is 11.4 Å².